The highest BCUT2D eigenvalue weighted by Gasteiger charge is 2.06. The van der Waals surface area contributed by atoms with Crippen LogP contribution >= 0.6 is 0 Å². The van der Waals surface area contributed by atoms with E-state index in [9.17, 15) is 4.79 Å². The Morgan fingerprint density at radius 1 is 1.33 bits per heavy atom. The van der Waals surface area contributed by atoms with Gasteiger partial charge in [0.2, 0.25) is 5.91 Å². The van der Waals surface area contributed by atoms with Crippen LogP contribution in [0.2, 0.25) is 0 Å². The Morgan fingerprint density at radius 2 is 2.05 bits per heavy atom. The number of aromatic nitrogens is 1. The van der Waals surface area contributed by atoms with Gasteiger partial charge in [-0.2, -0.15) is 0 Å². The predicted octanol–water partition coefficient (Wildman–Crippen LogP) is 2.98. The normalized spacial score (nSPS) is 12.1. The number of rotatable bonds is 6. The Balaban J connectivity index is 1.92. The Morgan fingerprint density at radius 3 is 2.62 bits per heavy atom. The molecule has 2 aromatic rings. The molecule has 5 heteroatoms. The maximum atomic E-state index is 11.8. The Kier molecular flexibility index (Phi) is 5.11. The molecular formula is C16H21N3O2. The van der Waals surface area contributed by atoms with Crippen molar-refractivity contribution in [1.82, 2.24) is 10.3 Å². The summed E-state index contributed by atoms with van der Waals surface area (Å²) in [6.07, 6.45) is 2.62. The molecule has 0 saturated carbocycles. The topological polar surface area (TPSA) is 67.2 Å². The van der Waals surface area contributed by atoms with Crippen molar-refractivity contribution in [2.45, 2.75) is 33.2 Å². The molecular weight excluding hydrogens is 266 g/mol. The zero-order valence-corrected chi connectivity index (χ0v) is 12.6. The molecule has 1 heterocycles. The quantitative estimate of drug-likeness (QED) is 0.857. The monoisotopic (exact) mass is 287 g/mol. The van der Waals surface area contributed by atoms with Crippen molar-refractivity contribution in [2.24, 2.45) is 0 Å². The molecule has 1 aromatic heterocycles. The van der Waals surface area contributed by atoms with Crippen LogP contribution in [-0.4, -0.2) is 23.5 Å². The number of nitrogens with zero attached hydrogens (tertiary/aromatic N) is 1. The number of hydrogen-bond acceptors (Lipinski definition) is 4. The number of nitrogens with one attached hydrogen (secondary N) is 2. The first-order valence-electron chi connectivity index (χ1n) is 7.14. The van der Waals surface area contributed by atoms with E-state index in [2.05, 4.69) is 29.5 Å². The second-order valence-corrected chi connectivity index (χ2v) is 5.07. The zero-order valence-electron chi connectivity index (χ0n) is 12.6. The molecule has 21 heavy (non-hydrogen) atoms. The molecule has 2 N–H and O–H groups in total. The minimum absolute atomic E-state index is 0.0414. The number of oxazole rings is 1. The molecule has 0 fully saturated rings. The third-order valence-electron chi connectivity index (χ3n) is 3.31. The van der Waals surface area contributed by atoms with Crippen LogP contribution in [0.4, 0.5) is 5.69 Å². The lowest BCUT2D eigenvalue weighted by molar-refractivity contribution is -0.115. The molecule has 1 aromatic carbocycles. The number of amides is 1. The predicted molar refractivity (Wildman–Crippen MR) is 83.1 cm³/mol. The maximum Gasteiger partial charge on any atom is 0.238 e. The maximum absolute atomic E-state index is 11.8. The van der Waals surface area contributed by atoms with Crippen LogP contribution in [0.25, 0.3) is 11.3 Å². The molecule has 5 nitrogen and oxygen atoms in total. The third-order valence-corrected chi connectivity index (χ3v) is 3.31. The summed E-state index contributed by atoms with van der Waals surface area (Å²) in [5.74, 6) is 0.596. The fraction of sp³-hybridized carbons (Fsp3) is 0.375. The number of hydrogen-bond donors (Lipinski definition) is 2. The van der Waals surface area contributed by atoms with Crippen LogP contribution in [0, 0.1) is 6.92 Å². The van der Waals surface area contributed by atoms with E-state index in [1.807, 2.05) is 31.2 Å². The van der Waals surface area contributed by atoms with Crippen LogP contribution in [0.3, 0.4) is 0 Å². The van der Waals surface area contributed by atoms with Gasteiger partial charge < -0.3 is 15.1 Å². The third kappa shape index (κ3) is 4.43. The van der Waals surface area contributed by atoms with Crippen molar-refractivity contribution < 1.29 is 9.21 Å². The molecule has 112 valence electrons. The van der Waals surface area contributed by atoms with E-state index in [1.54, 1.807) is 6.26 Å². The highest BCUT2D eigenvalue weighted by Crippen LogP contribution is 2.20. The first kappa shape index (κ1) is 15.3. The lowest BCUT2D eigenvalue weighted by atomic mass is 10.1. The Labute approximate surface area is 124 Å². The van der Waals surface area contributed by atoms with Crippen LogP contribution in [-0.2, 0) is 4.79 Å². The summed E-state index contributed by atoms with van der Waals surface area (Å²) < 4.78 is 5.19. The number of anilines is 1. The molecule has 1 unspecified atom stereocenters. The Hall–Kier alpha value is -2.14. The molecule has 0 saturated heterocycles. The SMILES string of the molecule is CCC(C)NCC(=O)Nc1ccc(-c2coc(C)n2)cc1. The van der Waals surface area contributed by atoms with E-state index < -0.39 is 0 Å². The van der Waals surface area contributed by atoms with Gasteiger partial charge in [-0.05, 0) is 25.5 Å². The molecule has 0 bridgehead atoms. The lowest BCUT2D eigenvalue weighted by Gasteiger charge is -2.11. The van der Waals surface area contributed by atoms with Gasteiger partial charge in [-0.1, -0.05) is 19.1 Å². The minimum atomic E-state index is -0.0414. The van der Waals surface area contributed by atoms with Gasteiger partial charge in [0.05, 0.1) is 6.54 Å². The molecule has 1 amide bonds. The van der Waals surface area contributed by atoms with Gasteiger partial charge in [-0.3, -0.25) is 4.79 Å². The average Bonchev–Trinajstić information content (AvgIpc) is 2.92. The number of carbonyl (C=O) groups excluding carboxylic acids is 1. The molecule has 1 atom stereocenters. The fourth-order valence-corrected chi connectivity index (χ4v) is 1.84. The molecule has 0 spiro atoms. The van der Waals surface area contributed by atoms with E-state index in [-0.39, 0.29) is 5.91 Å². The summed E-state index contributed by atoms with van der Waals surface area (Å²) >= 11 is 0. The fourth-order valence-electron chi connectivity index (χ4n) is 1.84. The second kappa shape index (κ2) is 7.04. The summed E-state index contributed by atoms with van der Waals surface area (Å²) in [5.41, 5.74) is 2.53. The number of aryl methyl sites for hydroxylation is 1. The van der Waals surface area contributed by atoms with Crippen LogP contribution in [0.15, 0.2) is 34.9 Å². The van der Waals surface area contributed by atoms with Crippen molar-refractivity contribution >= 4 is 11.6 Å². The van der Waals surface area contributed by atoms with Gasteiger partial charge in [0.25, 0.3) is 0 Å². The van der Waals surface area contributed by atoms with E-state index in [0.717, 1.165) is 23.4 Å². The minimum Gasteiger partial charge on any atom is -0.449 e. The highest BCUT2D eigenvalue weighted by molar-refractivity contribution is 5.92. The van der Waals surface area contributed by atoms with Gasteiger partial charge in [0.1, 0.15) is 12.0 Å². The van der Waals surface area contributed by atoms with Crippen molar-refractivity contribution in [3.8, 4) is 11.3 Å². The smallest absolute Gasteiger partial charge is 0.238 e. The van der Waals surface area contributed by atoms with Gasteiger partial charge in [0, 0.05) is 24.2 Å². The lowest BCUT2D eigenvalue weighted by Crippen LogP contribution is -2.33. The summed E-state index contributed by atoms with van der Waals surface area (Å²) in [5, 5.41) is 6.02. The molecule has 0 aliphatic carbocycles. The zero-order chi connectivity index (χ0) is 15.2. The molecule has 2 rings (SSSR count). The number of benzene rings is 1. The summed E-state index contributed by atoms with van der Waals surface area (Å²) in [7, 11) is 0. The molecule has 0 aliphatic heterocycles. The number of carbonyl (C=O) groups is 1. The van der Waals surface area contributed by atoms with Crippen molar-refractivity contribution in [3.05, 3.63) is 36.4 Å². The van der Waals surface area contributed by atoms with E-state index in [4.69, 9.17) is 4.42 Å². The van der Waals surface area contributed by atoms with Crippen LogP contribution in [0.5, 0.6) is 0 Å². The molecule has 0 aliphatic rings. The first-order valence-corrected chi connectivity index (χ1v) is 7.14. The van der Waals surface area contributed by atoms with E-state index in [0.29, 0.717) is 18.5 Å². The van der Waals surface area contributed by atoms with E-state index >= 15 is 0 Å². The summed E-state index contributed by atoms with van der Waals surface area (Å²) in [6, 6.07) is 7.89. The molecule has 0 radical (unpaired) electrons. The summed E-state index contributed by atoms with van der Waals surface area (Å²) in [4.78, 5) is 16.1. The average molecular weight is 287 g/mol. The van der Waals surface area contributed by atoms with E-state index in [1.165, 1.54) is 0 Å². The highest BCUT2D eigenvalue weighted by atomic mass is 16.3. The first-order chi connectivity index (χ1) is 10.1. The summed E-state index contributed by atoms with van der Waals surface area (Å²) in [6.45, 7) is 6.27. The Bertz CT molecular complexity index is 590. The van der Waals surface area contributed by atoms with Gasteiger partial charge in [-0.25, -0.2) is 4.98 Å². The van der Waals surface area contributed by atoms with Crippen LogP contribution < -0.4 is 10.6 Å². The van der Waals surface area contributed by atoms with Crippen molar-refractivity contribution in [2.75, 3.05) is 11.9 Å². The van der Waals surface area contributed by atoms with Gasteiger partial charge in [0.15, 0.2) is 5.89 Å². The van der Waals surface area contributed by atoms with Crippen molar-refractivity contribution in [3.63, 3.8) is 0 Å². The van der Waals surface area contributed by atoms with Crippen molar-refractivity contribution in [1.29, 1.82) is 0 Å². The second-order valence-electron chi connectivity index (χ2n) is 5.07. The van der Waals surface area contributed by atoms with Crippen LogP contribution in [0.1, 0.15) is 26.2 Å². The standard InChI is InChI=1S/C16H21N3O2/c1-4-11(2)17-9-16(20)19-14-7-5-13(6-8-14)15-10-21-12(3)18-15/h5-8,10-11,17H,4,9H2,1-3H3,(H,19,20). The van der Waals surface area contributed by atoms with Gasteiger partial charge in [-0.15, -0.1) is 0 Å². The largest absolute Gasteiger partial charge is 0.449 e. The van der Waals surface area contributed by atoms with Gasteiger partial charge >= 0.3 is 0 Å².